The molecule has 0 aromatic rings. The second-order valence-corrected chi connectivity index (χ2v) is 3.35. The van der Waals surface area contributed by atoms with Gasteiger partial charge in [0.15, 0.2) is 0 Å². The first-order valence-corrected chi connectivity index (χ1v) is 4.32. The Morgan fingerprint density at radius 1 is 1.67 bits per heavy atom. The van der Waals surface area contributed by atoms with E-state index in [9.17, 15) is 4.79 Å². The number of nitrogens with zero attached hydrogens (tertiary/aromatic N) is 1. The number of rotatable bonds is 2. The van der Waals surface area contributed by atoms with Gasteiger partial charge in [-0.2, -0.15) is 0 Å². The van der Waals surface area contributed by atoms with Crippen LogP contribution in [-0.2, 0) is 9.53 Å². The van der Waals surface area contributed by atoms with Gasteiger partial charge in [0.1, 0.15) is 0 Å². The normalized spacial score (nSPS) is 36.5. The average molecular weight is 167 g/mol. The van der Waals surface area contributed by atoms with E-state index in [1.807, 2.05) is 20.2 Å². The van der Waals surface area contributed by atoms with Gasteiger partial charge in [-0.25, -0.2) is 0 Å². The van der Waals surface area contributed by atoms with Crippen molar-refractivity contribution in [2.75, 3.05) is 13.7 Å². The van der Waals surface area contributed by atoms with E-state index in [0.29, 0.717) is 18.6 Å². The molecule has 3 heteroatoms. The van der Waals surface area contributed by atoms with E-state index >= 15 is 0 Å². The molecule has 2 rings (SSSR count). The molecule has 1 fully saturated rings. The molecular weight excluding hydrogens is 154 g/mol. The summed E-state index contributed by atoms with van der Waals surface area (Å²) in [6, 6.07) is 0.393. The molecule has 0 radical (unpaired) electrons. The van der Waals surface area contributed by atoms with Crippen LogP contribution in [0.25, 0.3) is 0 Å². The van der Waals surface area contributed by atoms with Crippen LogP contribution in [0.3, 0.4) is 0 Å². The molecule has 3 nitrogen and oxygen atoms in total. The highest BCUT2D eigenvalue weighted by atomic mass is 16.5. The van der Waals surface area contributed by atoms with E-state index in [-0.39, 0.29) is 11.9 Å². The van der Waals surface area contributed by atoms with Crippen molar-refractivity contribution >= 4 is 5.97 Å². The molecular formula is C9H13NO2. The molecule has 66 valence electrons. The fourth-order valence-corrected chi connectivity index (χ4v) is 1.95. The Labute approximate surface area is 72.0 Å². The molecule has 0 aromatic carbocycles. The summed E-state index contributed by atoms with van der Waals surface area (Å²) in [6.07, 6.45) is 4.12. The Balaban J connectivity index is 1.95. The summed E-state index contributed by atoms with van der Waals surface area (Å²) in [4.78, 5) is 13.4. The standard InChI is InChI=1S/C9H13NO2/c1-3-12-9(11)7-6-4-5-10(2)8(6)7/h4-8H,3H2,1-2H3. The van der Waals surface area contributed by atoms with Gasteiger partial charge in [0.2, 0.25) is 0 Å². The van der Waals surface area contributed by atoms with Crippen LogP contribution >= 0.6 is 0 Å². The fraction of sp³-hybridized carbons (Fsp3) is 0.667. The molecule has 2 aliphatic rings. The molecule has 0 amide bonds. The van der Waals surface area contributed by atoms with E-state index in [0.717, 1.165) is 0 Å². The van der Waals surface area contributed by atoms with Gasteiger partial charge in [0, 0.05) is 19.0 Å². The van der Waals surface area contributed by atoms with Gasteiger partial charge in [-0.05, 0) is 13.1 Å². The third-order valence-electron chi connectivity index (χ3n) is 2.61. The molecule has 3 unspecified atom stereocenters. The van der Waals surface area contributed by atoms with Crippen molar-refractivity contribution in [3.8, 4) is 0 Å². The van der Waals surface area contributed by atoms with Crippen LogP contribution in [-0.4, -0.2) is 30.6 Å². The smallest absolute Gasteiger partial charge is 0.311 e. The predicted octanol–water partition coefficient (Wildman–Crippen LogP) is 0.623. The first-order valence-electron chi connectivity index (χ1n) is 4.32. The number of hydrogen-bond acceptors (Lipinski definition) is 3. The zero-order chi connectivity index (χ0) is 8.72. The summed E-state index contributed by atoms with van der Waals surface area (Å²) in [5, 5.41) is 0. The number of carbonyl (C=O) groups is 1. The first-order chi connectivity index (χ1) is 5.75. The summed E-state index contributed by atoms with van der Waals surface area (Å²) >= 11 is 0. The molecule has 1 aliphatic heterocycles. The Kier molecular flexibility index (Phi) is 1.60. The number of esters is 1. The lowest BCUT2D eigenvalue weighted by atomic mass is 10.3. The SMILES string of the molecule is CCOC(=O)C1C2C=CN(C)C21. The molecule has 0 aromatic heterocycles. The summed E-state index contributed by atoms with van der Waals surface area (Å²) in [7, 11) is 2.00. The minimum absolute atomic E-state index is 0.0382. The van der Waals surface area contributed by atoms with Crippen molar-refractivity contribution in [1.29, 1.82) is 0 Å². The van der Waals surface area contributed by atoms with Gasteiger partial charge in [-0.1, -0.05) is 6.08 Å². The van der Waals surface area contributed by atoms with Gasteiger partial charge in [-0.3, -0.25) is 4.79 Å². The molecule has 0 bridgehead atoms. The molecule has 0 saturated heterocycles. The van der Waals surface area contributed by atoms with Crippen LogP contribution in [0.15, 0.2) is 12.3 Å². The molecule has 1 saturated carbocycles. The summed E-state index contributed by atoms with van der Waals surface area (Å²) < 4.78 is 4.95. The summed E-state index contributed by atoms with van der Waals surface area (Å²) in [5.41, 5.74) is 0. The number of carbonyl (C=O) groups excluding carboxylic acids is 1. The quantitative estimate of drug-likeness (QED) is 0.565. The molecule has 0 N–H and O–H groups in total. The van der Waals surface area contributed by atoms with E-state index in [1.54, 1.807) is 0 Å². The highest BCUT2D eigenvalue weighted by molar-refractivity contribution is 5.78. The average Bonchev–Trinajstić information content (AvgIpc) is 2.65. The van der Waals surface area contributed by atoms with Crippen molar-refractivity contribution in [3.05, 3.63) is 12.3 Å². The van der Waals surface area contributed by atoms with E-state index in [4.69, 9.17) is 4.74 Å². The van der Waals surface area contributed by atoms with Crippen LogP contribution in [0.5, 0.6) is 0 Å². The lowest BCUT2D eigenvalue weighted by molar-refractivity contribution is -0.145. The third kappa shape index (κ3) is 0.924. The maximum Gasteiger partial charge on any atom is 0.311 e. The second kappa shape index (κ2) is 2.51. The van der Waals surface area contributed by atoms with E-state index < -0.39 is 0 Å². The molecule has 1 heterocycles. The van der Waals surface area contributed by atoms with Gasteiger partial charge in [-0.15, -0.1) is 0 Å². The maximum atomic E-state index is 11.3. The summed E-state index contributed by atoms with van der Waals surface area (Å²) in [5.74, 6) is 0.498. The Morgan fingerprint density at radius 3 is 2.92 bits per heavy atom. The lowest BCUT2D eigenvalue weighted by Gasteiger charge is -2.10. The fourth-order valence-electron chi connectivity index (χ4n) is 1.95. The van der Waals surface area contributed by atoms with Crippen molar-refractivity contribution in [2.45, 2.75) is 13.0 Å². The van der Waals surface area contributed by atoms with Crippen LogP contribution < -0.4 is 0 Å². The number of ether oxygens (including phenoxy) is 1. The summed E-state index contributed by atoms with van der Waals surface area (Å²) in [6.45, 7) is 2.33. The van der Waals surface area contributed by atoms with Gasteiger partial charge >= 0.3 is 5.97 Å². The molecule has 12 heavy (non-hydrogen) atoms. The lowest BCUT2D eigenvalue weighted by Crippen LogP contribution is -2.18. The Morgan fingerprint density at radius 2 is 2.42 bits per heavy atom. The molecule has 3 atom stereocenters. The highest BCUT2D eigenvalue weighted by Gasteiger charge is 2.58. The van der Waals surface area contributed by atoms with Crippen molar-refractivity contribution in [1.82, 2.24) is 4.90 Å². The van der Waals surface area contributed by atoms with Crippen LogP contribution in [0.2, 0.25) is 0 Å². The van der Waals surface area contributed by atoms with E-state index in [2.05, 4.69) is 11.0 Å². The van der Waals surface area contributed by atoms with Gasteiger partial charge in [0.05, 0.1) is 12.5 Å². The van der Waals surface area contributed by atoms with E-state index in [1.165, 1.54) is 0 Å². The third-order valence-corrected chi connectivity index (χ3v) is 2.61. The Hall–Kier alpha value is -0.990. The maximum absolute atomic E-state index is 11.3. The zero-order valence-corrected chi connectivity index (χ0v) is 7.36. The Bertz CT molecular complexity index is 237. The minimum Gasteiger partial charge on any atom is -0.466 e. The predicted molar refractivity (Wildman–Crippen MR) is 44.3 cm³/mol. The van der Waals surface area contributed by atoms with Crippen LogP contribution in [0, 0.1) is 11.8 Å². The van der Waals surface area contributed by atoms with Crippen molar-refractivity contribution < 1.29 is 9.53 Å². The van der Waals surface area contributed by atoms with Crippen LogP contribution in [0.4, 0.5) is 0 Å². The topological polar surface area (TPSA) is 29.5 Å². The van der Waals surface area contributed by atoms with Gasteiger partial charge in [0.25, 0.3) is 0 Å². The largest absolute Gasteiger partial charge is 0.466 e. The first kappa shape index (κ1) is 7.65. The molecule has 0 spiro atoms. The zero-order valence-electron chi connectivity index (χ0n) is 7.36. The minimum atomic E-state index is -0.0382. The molecule has 1 aliphatic carbocycles. The second-order valence-electron chi connectivity index (χ2n) is 3.35. The van der Waals surface area contributed by atoms with Crippen molar-refractivity contribution in [3.63, 3.8) is 0 Å². The number of fused-ring (bicyclic) bond motifs is 1. The van der Waals surface area contributed by atoms with Crippen LogP contribution in [0.1, 0.15) is 6.92 Å². The number of hydrogen-bond donors (Lipinski definition) is 0. The highest BCUT2D eigenvalue weighted by Crippen LogP contribution is 2.48. The van der Waals surface area contributed by atoms with Crippen molar-refractivity contribution in [2.24, 2.45) is 11.8 Å². The monoisotopic (exact) mass is 167 g/mol. The van der Waals surface area contributed by atoms with Gasteiger partial charge < -0.3 is 9.64 Å².